The molecule has 3 fully saturated rings. The molecule has 0 aromatic heterocycles. The molecule has 1 aromatic rings. The standard InChI is InChI=1S/C19H26N2O2/c22-17-8-14-6-16(7-15(14)9-17)21-18(23)19(11-20-12-19)10-13-4-2-1-3-5-13/h1-5,14-17,20,22H,6-12H2,(H,21,23)/t14-,15+,16?,17?. The van der Waals surface area contributed by atoms with Crippen LogP contribution in [0.4, 0.5) is 0 Å². The summed E-state index contributed by atoms with van der Waals surface area (Å²) in [6.07, 6.45) is 4.64. The average molecular weight is 314 g/mol. The number of amides is 1. The lowest BCUT2D eigenvalue weighted by molar-refractivity contribution is -0.134. The zero-order chi connectivity index (χ0) is 15.9. The smallest absolute Gasteiger partial charge is 0.229 e. The van der Waals surface area contributed by atoms with Gasteiger partial charge in [0.15, 0.2) is 0 Å². The van der Waals surface area contributed by atoms with Crippen LogP contribution >= 0.6 is 0 Å². The second kappa shape index (κ2) is 5.91. The van der Waals surface area contributed by atoms with Gasteiger partial charge in [0.05, 0.1) is 11.5 Å². The molecule has 0 radical (unpaired) electrons. The molecule has 0 spiro atoms. The van der Waals surface area contributed by atoms with Crippen molar-refractivity contribution in [2.75, 3.05) is 13.1 Å². The molecule has 2 aliphatic carbocycles. The van der Waals surface area contributed by atoms with Crippen molar-refractivity contribution in [2.45, 2.75) is 44.2 Å². The van der Waals surface area contributed by atoms with Gasteiger partial charge in [-0.3, -0.25) is 4.79 Å². The highest BCUT2D eigenvalue weighted by atomic mass is 16.3. The third-order valence-electron chi connectivity index (χ3n) is 6.12. The normalized spacial score (nSPS) is 34.7. The Morgan fingerprint density at radius 2 is 1.78 bits per heavy atom. The molecule has 0 bridgehead atoms. The molecule has 4 heteroatoms. The number of carbonyl (C=O) groups excluding carboxylic acids is 1. The summed E-state index contributed by atoms with van der Waals surface area (Å²) >= 11 is 0. The third kappa shape index (κ3) is 2.90. The first-order valence-electron chi connectivity index (χ1n) is 8.88. The van der Waals surface area contributed by atoms with E-state index in [0.717, 1.165) is 45.2 Å². The van der Waals surface area contributed by atoms with Crippen LogP contribution in [0.25, 0.3) is 0 Å². The topological polar surface area (TPSA) is 61.4 Å². The molecule has 1 saturated heterocycles. The molecule has 4 atom stereocenters. The summed E-state index contributed by atoms with van der Waals surface area (Å²) in [5.74, 6) is 1.44. The van der Waals surface area contributed by atoms with E-state index in [9.17, 15) is 9.90 Å². The summed E-state index contributed by atoms with van der Waals surface area (Å²) < 4.78 is 0. The Morgan fingerprint density at radius 1 is 1.13 bits per heavy atom. The number of fused-ring (bicyclic) bond motifs is 1. The molecule has 2 saturated carbocycles. The van der Waals surface area contributed by atoms with Crippen molar-refractivity contribution >= 4 is 5.91 Å². The Bertz CT molecular complexity index is 556. The first-order chi connectivity index (χ1) is 11.1. The largest absolute Gasteiger partial charge is 0.393 e. The Kier molecular flexibility index (Phi) is 3.90. The second-order valence-corrected chi connectivity index (χ2v) is 7.83. The molecular formula is C19H26N2O2. The molecule has 1 aromatic carbocycles. The van der Waals surface area contributed by atoms with Crippen molar-refractivity contribution < 1.29 is 9.90 Å². The molecule has 4 nitrogen and oxygen atoms in total. The number of hydrogen-bond acceptors (Lipinski definition) is 3. The fourth-order valence-electron chi connectivity index (χ4n) is 4.82. The molecule has 3 aliphatic rings. The zero-order valence-corrected chi connectivity index (χ0v) is 13.5. The maximum Gasteiger partial charge on any atom is 0.229 e. The van der Waals surface area contributed by atoms with E-state index in [-0.39, 0.29) is 17.4 Å². The molecular weight excluding hydrogens is 288 g/mol. The van der Waals surface area contributed by atoms with E-state index in [1.807, 2.05) is 18.2 Å². The van der Waals surface area contributed by atoms with Gasteiger partial charge in [-0.25, -0.2) is 0 Å². The number of benzene rings is 1. The average Bonchev–Trinajstić information content (AvgIpc) is 3.00. The highest BCUT2D eigenvalue weighted by Crippen LogP contribution is 2.44. The number of carbonyl (C=O) groups is 1. The number of nitrogens with one attached hydrogen (secondary N) is 2. The van der Waals surface area contributed by atoms with Crippen LogP contribution in [-0.2, 0) is 11.2 Å². The Balaban J connectivity index is 1.38. The molecule has 1 amide bonds. The summed E-state index contributed by atoms with van der Waals surface area (Å²) in [4.78, 5) is 12.9. The summed E-state index contributed by atoms with van der Waals surface area (Å²) in [5.41, 5.74) is 0.953. The monoisotopic (exact) mass is 314 g/mol. The second-order valence-electron chi connectivity index (χ2n) is 7.83. The Hall–Kier alpha value is -1.39. The summed E-state index contributed by atoms with van der Waals surface area (Å²) in [6.45, 7) is 1.54. The first kappa shape index (κ1) is 15.2. The van der Waals surface area contributed by atoms with Crippen LogP contribution < -0.4 is 10.6 Å². The van der Waals surface area contributed by atoms with Gasteiger partial charge in [0.25, 0.3) is 0 Å². The van der Waals surface area contributed by atoms with E-state index in [2.05, 4.69) is 22.8 Å². The van der Waals surface area contributed by atoms with Crippen LogP contribution in [0.2, 0.25) is 0 Å². The van der Waals surface area contributed by atoms with Crippen LogP contribution in [0.1, 0.15) is 31.2 Å². The predicted octanol–water partition coefficient (Wildman–Crippen LogP) is 1.48. The van der Waals surface area contributed by atoms with E-state index >= 15 is 0 Å². The fourth-order valence-corrected chi connectivity index (χ4v) is 4.82. The highest BCUT2D eigenvalue weighted by Gasteiger charge is 2.47. The lowest BCUT2D eigenvalue weighted by atomic mass is 9.75. The van der Waals surface area contributed by atoms with E-state index in [1.54, 1.807) is 0 Å². The highest BCUT2D eigenvalue weighted by molar-refractivity contribution is 5.85. The van der Waals surface area contributed by atoms with Crippen molar-refractivity contribution in [1.82, 2.24) is 10.6 Å². The van der Waals surface area contributed by atoms with Crippen LogP contribution in [0.3, 0.4) is 0 Å². The summed E-state index contributed by atoms with van der Waals surface area (Å²) in [6, 6.07) is 10.6. The molecule has 124 valence electrons. The maximum atomic E-state index is 12.9. The van der Waals surface area contributed by atoms with Gasteiger partial charge in [-0.2, -0.15) is 0 Å². The van der Waals surface area contributed by atoms with Crippen molar-refractivity contribution in [3.8, 4) is 0 Å². The van der Waals surface area contributed by atoms with Gasteiger partial charge in [-0.1, -0.05) is 30.3 Å². The molecule has 1 heterocycles. The van der Waals surface area contributed by atoms with Gasteiger partial charge in [-0.15, -0.1) is 0 Å². The van der Waals surface area contributed by atoms with Crippen molar-refractivity contribution in [2.24, 2.45) is 17.3 Å². The van der Waals surface area contributed by atoms with Gasteiger partial charge < -0.3 is 15.7 Å². The van der Waals surface area contributed by atoms with Crippen LogP contribution in [-0.4, -0.2) is 36.2 Å². The van der Waals surface area contributed by atoms with E-state index in [0.29, 0.717) is 17.9 Å². The molecule has 3 N–H and O–H groups in total. The van der Waals surface area contributed by atoms with Gasteiger partial charge >= 0.3 is 0 Å². The number of aliphatic hydroxyl groups excluding tert-OH is 1. The van der Waals surface area contributed by atoms with Crippen molar-refractivity contribution in [3.05, 3.63) is 35.9 Å². The third-order valence-corrected chi connectivity index (χ3v) is 6.12. The molecule has 2 unspecified atom stereocenters. The van der Waals surface area contributed by atoms with Gasteiger partial charge in [0.2, 0.25) is 5.91 Å². The summed E-state index contributed by atoms with van der Waals surface area (Å²) in [5, 5.41) is 16.4. The van der Waals surface area contributed by atoms with Gasteiger partial charge in [0.1, 0.15) is 0 Å². The Labute approximate surface area is 137 Å². The number of aliphatic hydroxyl groups is 1. The minimum absolute atomic E-state index is 0.109. The van der Waals surface area contributed by atoms with Crippen LogP contribution in [0, 0.1) is 17.3 Å². The minimum Gasteiger partial charge on any atom is -0.393 e. The number of rotatable bonds is 4. The van der Waals surface area contributed by atoms with Crippen molar-refractivity contribution in [1.29, 1.82) is 0 Å². The van der Waals surface area contributed by atoms with Gasteiger partial charge in [-0.05, 0) is 49.5 Å². The lowest BCUT2D eigenvalue weighted by Crippen LogP contribution is -2.63. The fraction of sp³-hybridized carbons (Fsp3) is 0.632. The SMILES string of the molecule is O=C(NC1C[C@H]2CC(O)C[C@H]2C1)C1(Cc2ccccc2)CNC1. The van der Waals surface area contributed by atoms with E-state index in [4.69, 9.17) is 0 Å². The Morgan fingerprint density at radius 3 is 2.35 bits per heavy atom. The predicted molar refractivity (Wildman–Crippen MR) is 88.8 cm³/mol. The lowest BCUT2D eigenvalue weighted by Gasteiger charge is -2.42. The van der Waals surface area contributed by atoms with Crippen LogP contribution in [0.5, 0.6) is 0 Å². The molecule has 4 rings (SSSR count). The first-order valence-corrected chi connectivity index (χ1v) is 8.88. The summed E-state index contributed by atoms with van der Waals surface area (Å²) in [7, 11) is 0. The van der Waals surface area contributed by atoms with E-state index < -0.39 is 0 Å². The minimum atomic E-state index is -0.279. The molecule has 1 aliphatic heterocycles. The van der Waals surface area contributed by atoms with Crippen LogP contribution in [0.15, 0.2) is 30.3 Å². The maximum absolute atomic E-state index is 12.9. The van der Waals surface area contributed by atoms with Crippen molar-refractivity contribution in [3.63, 3.8) is 0 Å². The quantitative estimate of drug-likeness (QED) is 0.789. The van der Waals surface area contributed by atoms with Gasteiger partial charge in [0, 0.05) is 19.1 Å². The van der Waals surface area contributed by atoms with E-state index in [1.165, 1.54) is 5.56 Å². The zero-order valence-electron chi connectivity index (χ0n) is 13.5. The molecule has 23 heavy (non-hydrogen) atoms. The number of hydrogen-bond donors (Lipinski definition) is 3.